The van der Waals surface area contributed by atoms with Crippen LogP contribution in [0.4, 0.5) is 0 Å². The Morgan fingerprint density at radius 3 is 2.66 bits per heavy atom. The molecular formula is C24H19Cl2N3O2S. The molecule has 0 bridgehead atoms. The first-order valence-electron chi connectivity index (χ1n) is 9.84. The molecule has 162 valence electrons. The van der Waals surface area contributed by atoms with Crippen molar-refractivity contribution in [1.82, 2.24) is 4.90 Å². The maximum Gasteiger partial charge on any atom is 0.242 e. The quantitative estimate of drug-likeness (QED) is 0.224. The molecule has 1 atom stereocenters. The highest BCUT2D eigenvalue weighted by Crippen LogP contribution is 2.31. The molecule has 1 fully saturated rings. The first kappa shape index (κ1) is 22.4. The predicted octanol–water partition coefficient (Wildman–Crippen LogP) is 6.32. The van der Waals surface area contributed by atoms with Crippen molar-refractivity contribution in [3.8, 4) is 11.3 Å². The van der Waals surface area contributed by atoms with Gasteiger partial charge in [0.05, 0.1) is 21.5 Å². The average molecular weight is 484 g/mol. The van der Waals surface area contributed by atoms with Gasteiger partial charge in [-0.3, -0.25) is 9.69 Å². The van der Waals surface area contributed by atoms with E-state index in [1.165, 1.54) is 18.0 Å². The van der Waals surface area contributed by atoms with E-state index in [0.717, 1.165) is 16.9 Å². The molecule has 1 aliphatic rings. The predicted molar refractivity (Wildman–Crippen MR) is 133 cm³/mol. The standard InChI is InChI=1S/C24H19Cl2N3O2S/c1-2-12-29-23(30)22(14-16-8-10-19(25)20(26)13-16)32-24(29)28-27-15-18-9-11-21(31-18)17-6-4-3-5-7-17/h2-11,13,15,22H,1,12,14H2/b27-15+,28-24+/t22-/m1/s1. The van der Waals surface area contributed by atoms with Crippen molar-refractivity contribution in [3.63, 3.8) is 0 Å². The van der Waals surface area contributed by atoms with E-state index >= 15 is 0 Å². The van der Waals surface area contributed by atoms with E-state index in [4.69, 9.17) is 27.6 Å². The molecule has 0 aliphatic carbocycles. The number of amidine groups is 1. The summed E-state index contributed by atoms with van der Waals surface area (Å²) in [6.45, 7) is 4.10. The van der Waals surface area contributed by atoms with Crippen LogP contribution >= 0.6 is 35.0 Å². The summed E-state index contributed by atoms with van der Waals surface area (Å²) in [6.07, 6.45) is 3.70. The Bertz CT molecular complexity index is 1190. The van der Waals surface area contributed by atoms with Gasteiger partial charge < -0.3 is 4.42 Å². The van der Waals surface area contributed by atoms with Gasteiger partial charge in [-0.2, -0.15) is 5.10 Å². The highest BCUT2D eigenvalue weighted by Gasteiger charge is 2.37. The van der Waals surface area contributed by atoms with Crippen molar-refractivity contribution in [2.24, 2.45) is 10.2 Å². The van der Waals surface area contributed by atoms with Crippen LogP contribution in [0.2, 0.25) is 10.0 Å². The highest BCUT2D eigenvalue weighted by molar-refractivity contribution is 8.15. The number of hydrogen-bond acceptors (Lipinski definition) is 5. The molecule has 8 heteroatoms. The van der Waals surface area contributed by atoms with Crippen LogP contribution in [0.3, 0.4) is 0 Å². The molecule has 4 rings (SSSR count). The van der Waals surface area contributed by atoms with Gasteiger partial charge in [0.25, 0.3) is 0 Å². The summed E-state index contributed by atoms with van der Waals surface area (Å²) in [6, 6.07) is 18.9. The SMILES string of the molecule is C=CCN1C(=O)[C@@H](Cc2ccc(Cl)c(Cl)c2)S/C1=N/N=C/c1ccc(-c2ccccc2)o1. The molecule has 5 nitrogen and oxygen atoms in total. The van der Waals surface area contributed by atoms with E-state index in [0.29, 0.717) is 33.9 Å². The Balaban J connectivity index is 1.48. The first-order chi connectivity index (χ1) is 15.5. The van der Waals surface area contributed by atoms with Crippen LogP contribution in [0.25, 0.3) is 11.3 Å². The number of furan rings is 1. The third kappa shape index (κ3) is 5.15. The number of nitrogens with zero attached hydrogens (tertiary/aromatic N) is 3. The number of halogens is 2. The monoisotopic (exact) mass is 483 g/mol. The van der Waals surface area contributed by atoms with Gasteiger partial charge in [-0.05, 0) is 36.2 Å². The van der Waals surface area contributed by atoms with Gasteiger partial charge in [0.2, 0.25) is 5.91 Å². The summed E-state index contributed by atoms with van der Waals surface area (Å²) in [7, 11) is 0. The Labute approximate surface area is 200 Å². The highest BCUT2D eigenvalue weighted by atomic mass is 35.5. The molecule has 0 unspecified atom stereocenters. The Morgan fingerprint density at radius 2 is 1.91 bits per heavy atom. The van der Waals surface area contributed by atoms with Crippen molar-refractivity contribution in [1.29, 1.82) is 0 Å². The third-order valence-electron chi connectivity index (χ3n) is 4.75. The van der Waals surface area contributed by atoms with Crippen molar-refractivity contribution in [2.75, 3.05) is 6.54 Å². The van der Waals surface area contributed by atoms with Crippen LogP contribution < -0.4 is 0 Å². The van der Waals surface area contributed by atoms with Crippen LogP contribution in [0.5, 0.6) is 0 Å². The molecule has 1 aromatic heterocycles. The molecule has 3 aromatic rings. The fourth-order valence-corrected chi connectivity index (χ4v) is 4.67. The van der Waals surface area contributed by atoms with Crippen molar-refractivity contribution < 1.29 is 9.21 Å². The minimum Gasteiger partial charge on any atom is -0.455 e. The van der Waals surface area contributed by atoms with Crippen molar-refractivity contribution >= 4 is 52.3 Å². The van der Waals surface area contributed by atoms with E-state index in [9.17, 15) is 4.79 Å². The molecule has 0 radical (unpaired) electrons. The molecule has 0 saturated carbocycles. The Morgan fingerprint density at radius 1 is 1.09 bits per heavy atom. The molecule has 1 saturated heterocycles. The number of carbonyl (C=O) groups excluding carboxylic acids is 1. The lowest BCUT2D eigenvalue weighted by atomic mass is 10.1. The zero-order chi connectivity index (χ0) is 22.5. The maximum absolute atomic E-state index is 12.9. The minimum absolute atomic E-state index is 0.0423. The number of rotatable bonds is 7. The molecule has 1 amide bonds. The van der Waals surface area contributed by atoms with Crippen LogP contribution in [-0.2, 0) is 11.2 Å². The summed E-state index contributed by atoms with van der Waals surface area (Å²) in [5.74, 6) is 1.28. The molecule has 2 aromatic carbocycles. The summed E-state index contributed by atoms with van der Waals surface area (Å²) in [5.41, 5.74) is 1.91. The van der Waals surface area contributed by atoms with Gasteiger partial charge in [0.1, 0.15) is 11.5 Å². The van der Waals surface area contributed by atoms with Gasteiger partial charge in [-0.25, -0.2) is 0 Å². The van der Waals surface area contributed by atoms with Crippen LogP contribution in [-0.4, -0.2) is 34.0 Å². The van der Waals surface area contributed by atoms with Crippen LogP contribution in [0.15, 0.2) is 87.9 Å². The fourth-order valence-electron chi connectivity index (χ4n) is 3.21. The number of thioether (sulfide) groups is 1. The lowest BCUT2D eigenvalue weighted by Crippen LogP contribution is -2.32. The largest absolute Gasteiger partial charge is 0.455 e. The van der Waals surface area contributed by atoms with Gasteiger partial charge in [-0.15, -0.1) is 11.7 Å². The molecule has 0 spiro atoms. The second-order valence-electron chi connectivity index (χ2n) is 6.99. The second kappa shape index (κ2) is 10.2. The van der Waals surface area contributed by atoms with Crippen molar-refractivity contribution in [2.45, 2.75) is 11.7 Å². The zero-order valence-corrected chi connectivity index (χ0v) is 19.3. The van der Waals surface area contributed by atoms with E-state index in [2.05, 4.69) is 16.8 Å². The zero-order valence-electron chi connectivity index (χ0n) is 16.9. The van der Waals surface area contributed by atoms with Gasteiger partial charge in [-0.1, -0.05) is 77.4 Å². The third-order valence-corrected chi connectivity index (χ3v) is 6.65. The number of carbonyl (C=O) groups is 1. The topological polar surface area (TPSA) is 58.2 Å². The summed E-state index contributed by atoms with van der Waals surface area (Å²) in [5, 5.41) is 9.57. The molecule has 0 N–H and O–H groups in total. The van der Waals surface area contributed by atoms with E-state index in [1.807, 2.05) is 48.5 Å². The van der Waals surface area contributed by atoms with E-state index in [1.54, 1.807) is 23.1 Å². The van der Waals surface area contributed by atoms with Gasteiger partial charge in [0.15, 0.2) is 5.17 Å². The van der Waals surface area contributed by atoms with Crippen LogP contribution in [0, 0.1) is 0 Å². The molecule has 32 heavy (non-hydrogen) atoms. The Hall–Kier alpha value is -2.80. The smallest absolute Gasteiger partial charge is 0.242 e. The van der Waals surface area contributed by atoms with E-state index in [-0.39, 0.29) is 11.2 Å². The lowest BCUT2D eigenvalue weighted by Gasteiger charge is -2.13. The molecule has 2 heterocycles. The summed E-state index contributed by atoms with van der Waals surface area (Å²) >= 11 is 13.5. The summed E-state index contributed by atoms with van der Waals surface area (Å²) in [4.78, 5) is 14.5. The second-order valence-corrected chi connectivity index (χ2v) is 8.98. The van der Waals surface area contributed by atoms with E-state index < -0.39 is 0 Å². The lowest BCUT2D eigenvalue weighted by molar-refractivity contribution is -0.125. The fraction of sp³-hybridized carbons (Fsp3) is 0.125. The first-order valence-corrected chi connectivity index (χ1v) is 11.5. The minimum atomic E-state index is -0.325. The number of hydrogen-bond donors (Lipinski definition) is 0. The molecule has 1 aliphatic heterocycles. The molecular weight excluding hydrogens is 465 g/mol. The number of benzene rings is 2. The van der Waals surface area contributed by atoms with Crippen LogP contribution in [0.1, 0.15) is 11.3 Å². The van der Waals surface area contributed by atoms with Gasteiger partial charge in [0, 0.05) is 12.1 Å². The maximum atomic E-state index is 12.9. The normalized spacial score (nSPS) is 17.6. The average Bonchev–Trinajstić information content (AvgIpc) is 3.38. The summed E-state index contributed by atoms with van der Waals surface area (Å²) < 4.78 is 5.81. The number of amides is 1. The Kier molecular flexibility index (Phi) is 7.15. The van der Waals surface area contributed by atoms with Crippen molar-refractivity contribution in [3.05, 3.63) is 94.7 Å². The van der Waals surface area contributed by atoms with Gasteiger partial charge >= 0.3 is 0 Å².